The van der Waals surface area contributed by atoms with Gasteiger partial charge >= 0.3 is 0 Å². The number of aromatic nitrogens is 2. The molecule has 0 aliphatic heterocycles. The summed E-state index contributed by atoms with van der Waals surface area (Å²) in [6.07, 6.45) is 3.36. The molecule has 0 aliphatic rings. The van der Waals surface area contributed by atoms with Gasteiger partial charge < -0.3 is 0 Å². The standard InChI is InChI=1S/C10H11N3O2S2/c1-16-9-4-2-8(3-5-9)13-17(14,15)10-6-7-11-12-10/h2-7,13H,1H3,(H,11,12). The number of nitrogens with zero attached hydrogens (tertiary/aromatic N) is 1. The largest absolute Gasteiger partial charge is 0.278 e. The number of sulfonamides is 1. The van der Waals surface area contributed by atoms with Crippen molar-refractivity contribution in [2.24, 2.45) is 0 Å². The molecule has 0 atom stereocenters. The summed E-state index contributed by atoms with van der Waals surface area (Å²) < 4.78 is 26.1. The van der Waals surface area contributed by atoms with Gasteiger partial charge in [-0.15, -0.1) is 11.8 Å². The van der Waals surface area contributed by atoms with E-state index in [1.165, 1.54) is 12.3 Å². The molecule has 2 aromatic rings. The van der Waals surface area contributed by atoms with Gasteiger partial charge in [0, 0.05) is 10.6 Å². The van der Waals surface area contributed by atoms with Crippen LogP contribution in [-0.2, 0) is 10.0 Å². The SMILES string of the molecule is CSc1ccc(NS(=O)(=O)c2ccn[nH]2)cc1. The Morgan fingerprint density at radius 1 is 1.24 bits per heavy atom. The molecule has 0 fully saturated rings. The van der Waals surface area contributed by atoms with E-state index in [1.807, 2.05) is 18.4 Å². The molecule has 0 radical (unpaired) electrons. The number of thioether (sulfide) groups is 1. The van der Waals surface area contributed by atoms with Crippen LogP contribution < -0.4 is 4.72 Å². The summed E-state index contributed by atoms with van der Waals surface area (Å²) in [5, 5.41) is 6.07. The smallest absolute Gasteiger partial charge is 0.278 e. The van der Waals surface area contributed by atoms with Crippen molar-refractivity contribution < 1.29 is 8.42 Å². The average molecular weight is 269 g/mol. The topological polar surface area (TPSA) is 74.8 Å². The van der Waals surface area contributed by atoms with E-state index in [4.69, 9.17) is 0 Å². The van der Waals surface area contributed by atoms with Crippen LogP contribution in [0.3, 0.4) is 0 Å². The number of nitrogens with one attached hydrogen (secondary N) is 2. The zero-order valence-electron chi connectivity index (χ0n) is 9.04. The first-order valence-electron chi connectivity index (χ1n) is 4.78. The van der Waals surface area contributed by atoms with E-state index < -0.39 is 10.0 Å². The lowest BCUT2D eigenvalue weighted by Crippen LogP contribution is -2.13. The Kier molecular flexibility index (Phi) is 3.39. The van der Waals surface area contributed by atoms with Crippen molar-refractivity contribution in [3.8, 4) is 0 Å². The third-order valence-corrected chi connectivity index (χ3v) is 4.16. The van der Waals surface area contributed by atoms with Crippen LogP contribution in [0.1, 0.15) is 0 Å². The highest BCUT2D eigenvalue weighted by molar-refractivity contribution is 7.98. The third kappa shape index (κ3) is 2.80. The number of anilines is 1. The van der Waals surface area contributed by atoms with Gasteiger partial charge in [-0.1, -0.05) is 0 Å². The first kappa shape index (κ1) is 12.0. The van der Waals surface area contributed by atoms with Gasteiger partial charge in [0.05, 0.1) is 6.20 Å². The van der Waals surface area contributed by atoms with E-state index in [9.17, 15) is 8.42 Å². The Morgan fingerprint density at radius 2 is 1.94 bits per heavy atom. The zero-order chi connectivity index (χ0) is 12.3. The number of aromatic amines is 1. The lowest BCUT2D eigenvalue weighted by Gasteiger charge is -2.06. The van der Waals surface area contributed by atoms with Crippen LogP contribution in [0.15, 0.2) is 46.5 Å². The summed E-state index contributed by atoms with van der Waals surface area (Å²) in [7, 11) is -3.56. The summed E-state index contributed by atoms with van der Waals surface area (Å²) in [5.41, 5.74) is 0.525. The van der Waals surface area contributed by atoms with Gasteiger partial charge in [-0.3, -0.25) is 9.82 Å². The molecule has 0 aliphatic carbocycles. The fraction of sp³-hybridized carbons (Fsp3) is 0.100. The monoisotopic (exact) mass is 269 g/mol. The van der Waals surface area contributed by atoms with Crippen LogP contribution in [0.4, 0.5) is 5.69 Å². The van der Waals surface area contributed by atoms with E-state index in [1.54, 1.807) is 23.9 Å². The van der Waals surface area contributed by atoms with Crippen molar-refractivity contribution in [2.45, 2.75) is 9.92 Å². The van der Waals surface area contributed by atoms with Gasteiger partial charge in [-0.2, -0.15) is 13.5 Å². The van der Waals surface area contributed by atoms with Crippen LogP contribution in [-0.4, -0.2) is 24.9 Å². The molecule has 1 aromatic heterocycles. The first-order chi connectivity index (χ1) is 8.12. The molecule has 0 amide bonds. The maximum absolute atomic E-state index is 11.8. The fourth-order valence-electron chi connectivity index (χ4n) is 1.26. The molecule has 5 nitrogen and oxygen atoms in total. The Morgan fingerprint density at radius 3 is 2.47 bits per heavy atom. The number of hydrogen-bond acceptors (Lipinski definition) is 4. The first-order valence-corrected chi connectivity index (χ1v) is 7.49. The number of benzene rings is 1. The molecular formula is C10H11N3O2S2. The molecule has 1 heterocycles. The summed E-state index contributed by atoms with van der Waals surface area (Å²) in [6, 6.07) is 8.56. The van der Waals surface area contributed by atoms with E-state index in [2.05, 4.69) is 14.9 Å². The molecule has 0 saturated heterocycles. The molecule has 0 unspecified atom stereocenters. The van der Waals surface area contributed by atoms with Crippen molar-refractivity contribution in [3.63, 3.8) is 0 Å². The maximum atomic E-state index is 11.8. The summed E-state index contributed by atoms with van der Waals surface area (Å²) in [4.78, 5) is 1.08. The molecule has 0 saturated carbocycles. The minimum atomic E-state index is -3.56. The van der Waals surface area contributed by atoms with Crippen LogP contribution >= 0.6 is 11.8 Å². The van der Waals surface area contributed by atoms with Gasteiger partial charge in [0.25, 0.3) is 10.0 Å². The number of hydrogen-bond donors (Lipinski definition) is 2. The minimum absolute atomic E-state index is 0.0476. The van der Waals surface area contributed by atoms with Gasteiger partial charge in [0.15, 0.2) is 5.03 Å². The van der Waals surface area contributed by atoms with Gasteiger partial charge in [0.1, 0.15) is 0 Å². The molecule has 0 bridgehead atoms. The second kappa shape index (κ2) is 4.80. The van der Waals surface area contributed by atoms with Crippen molar-refractivity contribution in [3.05, 3.63) is 36.5 Å². The Labute approximate surface area is 104 Å². The molecule has 17 heavy (non-hydrogen) atoms. The molecule has 0 spiro atoms. The number of H-pyrrole nitrogens is 1. The van der Waals surface area contributed by atoms with Crippen LogP contribution in [0, 0.1) is 0 Å². The number of rotatable bonds is 4. The second-order valence-electron chi connectivity index (χ2n) is 3.25. The van der Waals surface area contributed by atoms with Crippen molar-refractivity contribution in [1.82, 2.24) is 10.2 Å². The minimum Gasteiger partial charge on any atom is -0.278 e. The lowest BCUT2D eigenvalue weighted by atomic mass is 10.3. The van der Waals surface area contributed by atoms with Crippen molar-refractivity contribution in [1.29, 1.82) is 0 Å². The Hall–Kier alpha value is -1.47. The van der Waals surface area contributed by atoms with Crippen molar-refractivity contribution >= 4 is 27.5 Å². The Balaban J connectivity index is 2.21. The van der Waals surface area contributed by atoms with Crippen LogP contribution in [0.5, 0.6) is 0 Å². The maximum Gasteiger partial charge on any atom is 0.278 e. The van der Waals surface area contributed by atoms with Gasteiger partial charge in [0.2, 0.25) is 0 Å². The second-order valence-corrected chi connectivity index (χ2v) is 5.79. The quantitative estimate of drug-likeness (QED) is 0.832. The lowest BCUT2D eigenvalue weighted by molar-refractivity contribution is 0.597. The molecule has 7 heteroatoms. The highest BCUT2D eigenvalue weighted by Crippen LogP contribution is 2.19. The zero-order valence-corrected chi connectivity index (χ0v) is 10.7. The summed E-state index contributed by atoms with van der Waals surface area (Å²) in [5.74, 6) is 0. The van der Waals surface area contributed by atoms with Crippen LogP contribution in [0.25, 0.3) is 0 Å². The Bertz CT molecular complexity index is 577. The molecule has 1 aromatic carbocycles. The molecule has 2 rings (SSSR count). The van der Waals surface area contributed by atoms with E-state index in [0.717, 1.165) is 4.90 Å². The van der Waals surface area contributed by atoms with Crippen LogP contribution in [0.2, 0.25) is 0 Å². The van der Waals surface area contributed by atoms with E-state index in [-0.39, 0.29) is 5.03 Å². The van der Waals surface area contributed by atoms with E-state index in [0.29, 0.717) is 5.69 Å². The molecular weight excluding hydrogens is 258 g/mol. The van der Waals surface area contributed by atoms with Gasteiger partial charge in [-0.05, 0) is 36.6 Å². The highest BCUT2D eigenvalue weighted by atomic mass is 32.2. The normalized spacial score (nSPS) is 11.4. The average Bonchev–Trinajstić information content (AvgIpc) is 2.84. The van der Waals surface area contributed by atoms with Gasteiger partial charge in [-0.25, -0.2) is 0 Å². The van der Waals surface area contributed by atoms with E-state index >= 15 is 0 Å². The fourth-order valence-corrected chi connectivity index (χ4v) is 2.64. The van der Waals surface area contributed by atoms with Crippen molar-refractivity contribution in [2.75, 3.05) is 11.0 Å². The molecule has 90 valence electrons. The third-order valence-electron chi connectivity index (χ3n) is 2.11. The summed E-state index contributed by atoms with van der Waals surface area (Å²) >= 11 is 1.60. The predicted octanol–water partition coefficient (Wildman–Crippen LogP) is 1.93. The summed E-state index contributed by atoms with van der Waals surface area (Å²) in [6.45, 7) is 0. The molecule has 2 N–H and O–H groups in total. The predicted molar refractivity (Wildman–Crippen MR) is 67.6 cm³/mol. The highest BCUT2D eigenvalue weighted by Gasteiger charge is 2.14.